The lowest BCUT2D eigenvalue weighted by molar-refractivity contribution is -0.152. The molecule has 3 rings (SSSR count). The van der Waals surface area contributed by atoms with Crippen molar-refractivity contribution in [2.45, 2.75) is 32.6 Å². The number of benzene rings is 1. The van der Waals surface area contributed by atoms with E-state index in [0.717, 1.165) is 57.3 Å². The summed E-state index contributed by atoms with van der Waals surface area (Å²) in [7, 11) is 0. The number of carbonyl (C=O) groups excluding carboxylic acids is 3. The molecule has 2 fully saturated rings. The van der Waals surface area contributed by atoms with Gasteiger partial charge in [0, 0.05) is 43.3 Å². The molecule has 0 aromatic heterocycles. The molecule has 2 saturated heterocycles. The Hall–Kier alpha value is -2.37. The summed E-state index contributed by atoms with van der Waals surface area (Å²) in [4.78, 5) is 39.8. The number of hydrogen-bond donors (Lipinski definition) is 0. The summed E-state index contributed by atoms with van der Waals surface area (Å²) >= 11 is 0. The van der Waals surface area contributed by atoms with E-state index in [1.165, 1.54) is 0 Å². The average Bonchev–Trinajstić information content (AvgIpc) is 2.73. The topological polar surface area (TPSA) is 66.9 Å². The predicted molar refractivity (Wildman–Crippen MR) is 103 cm³/mol. The number of amides is 1. The number of hydrogen-bond acceptors (Lipinski definition) is 5. The van der Waals surface area contributed by atoms with Crippen LogP contribution in [-0.4, -0.2) is 55.8 Å². The van der Waals surface area contributed by atoms with Crippen LogP contribution in [0.2, 0.25) is 0 Å². The number of rotatable bonds is 5. The molecular weight excluding hydrogens is 344 g/mol. The first-order valence-corrected chi connectivity index (χ1v) is 9.88. The Kier molecular flexibility index (Phi) is 6.48. The molecule has 2 heterocycles. The zero-order valence-electron chi connectivity index (χ0n) is 15.9. The highest BCUT2D eigenvalue weighted by Crippen LogP contribution is 2.27. The Balaban J connectivity index is 1.53. The van der Waals surface area contributed by atoms with Crippen LogP contribution in [0.4, 0.5) is 5.69 Å². The van der Waals surface area contributed by atoms with Gasteiger partial charge in [-0.3, -0.25) is 14.4 Å². The Labute approximate surface area is 160 Å². The van der Waals surface area contributed by atoms with E-state index >= 15 is 0 Å². The number of piperidine rings is 2. The van der Waals surface area contributed by atoms with Crippen molar-refractivity contribution in [1.29, 1.82) is 0 Å². The Bertz CT molecular complexity index is 665. The molecule has 6 heteroatoms. The molecule has 146 valence electrons. The van der Waals surface area contributed by atoms with Crippen molar-refractivity contribution in [3.63, 3.8) is 0 Å². The maximum absolute atomic E-state index is 12.9. The molecule has 6 nitrogen and oxygen atoms in total. The van der Waals surface area contributed by atoms with Crippen molar-refractivity contribution in [1.82, 2.24) is 4.90 Å². The second kappa shape index (κ2) is 9.02. The van der Waals surface area contributed by atoms with Crippen LogP contribution in [0.1, 0.15) is 43.0 Å². The Morgan fingerprint density at radius 1 is 1.07 bits per heavy atom. The van der Waals surface area contributed by atoms with Crippen molar-refractivity contribution < 1.29 is 19.1 Å². The molecule has 0 N–H and O–H groups in total. The van der Waals surface area contributed by atoms with Crippen LogP contribution in [0, 0.1) is 11.8 Å². The molecule has 2 aliphatic rings. The van der Waals surface area contributed by atoms with Crippen molar-refractivity contribution in [2.75, 3.05) is 37.7 Å². The molecule has 1 atom stereocenters. The zero-order valence-corrected chi connectivity index (χ0v) is 15.9. The van der Waals surface area contributed by atoms with Gasteiger partial charge in [0.1, 0.15) is 6.29 Å². The van der Waals surface area contributed by atoms with Crippen LogP contribution >= 0.6 is 0 Å². The van der Waals surface area contributed by atoms with Gasteiger partial charge in [0.2, 0.25) is 5.91 Å². The van der Waals surface area contributed by atoms with E-state index in [1.807, 2.05) is 36.1 Å². The summed E-state index contributed by atoms with van der Waals surface area (Å²) in [5.74, 6) is -0.154. The van der Waals surface area contributed by atoms with Gasteiger partial charge in [-0.05, 0) is 56.9 Å². The molecule has 1 amide bonds. The van der Waals surface area contributed by atoms with Crippen LogP contribution in [0.15, 0.2) is 24.3 Å². The number of anilines is 1. The minimum absolute atomic E-state index is 0.0245. The predicted octanol–water partition coefficient (Wildman–Crippen LogP) is 2.52. The van der Waals surface area contributed by atoms with Crippen LogP contribution < -0.4 is 4.90 Å². The molecule has 0 spiro atoms. The fraction of sp³-hybridized carbons (Fsp3) is 0.571. The van der Waals surface area contributed by atoms with Gasteiger partial charge in [0.25, 0.3) is 0 Å². The Morgan fingerprint density at radius 3 is 2.41 bits per heavy atom. The fourth-order valence-electron chi connectivity index (χ4n) is 4.04. The van der Waals surface area contributed by atoms with Crippen molar-refractivity contribution in [2.24, 2.45) is 11.8 Å². The molecule has 0 bridgehead atoms. The number of aldehydes is 1. The maximum Gasteiger partial charge on any atom is 0.310 e. The Morgan fingerprint density at radius 2 is 1.78 bits per heavy atom. The van der Waals surface area contributed by atoms with Gasteiger partial charge in [-0.15, -0.1) is 0 Å². The van der Waals surface area contributed by atoms with Crippen molar-refractivity contribution >= 4 is 23.9 Å². The molecule has 2 aliphatic heterocycles. The average molecular weight is 372 g/mol. The third-order valence-corrected chi connectivity index (χ3v) is 5.59. The first-order chi connectivity index (χ1) is 13.1. The SMILES string of the molecule is CCOC(=O)[C@H]1CCCN(C(=O)C2CCN(c3ccc(C=O)cc3)CC2)C1. The number of nitrogens with zero attached hydrogens (tertiary/aromatic N) is 2. The molecular formula is C21H28N2O4. The highest BCUT2D eigenvalue weighted by atomic mass is 16.5. The highest BCUT2D eigenvalue weighted by Gasteiger charge is 2.34. The summed E-state index contributed by atoms with van der Waals surface area (Å²) in [5.41, 5.74) is 1.76. The molecule has 0 radical (unpaired) electrons. The maximum atomic E-state index is 12.9. The quantitative estimate of drug-likeness (QED) is 0.587. The van der Waals surface area contributed by atoms with Gasteiger partial charge in [0.05, 0.1) is 12.5 Å². The molecule has 1 aromatic carbocycles. The first kappa shape index (κ1) is 19.4. The standard InChI is InChI=1S/C21H28N2O4/c1-2-27-21(26)18-4-3-11-23(14-18)20(25)17-9-12-22(13-10-17)19-7-5-16(15-24)6-8-19/h5-8,15,17-18H,2-4,9-14H2,1H3/t18-/m0/s1. The third kappa shape index (κ3) is 4.67. The fourth-order valence-corrected chi connectivity index (χ4v) is 4.04. The zero-order chi connectivity index (χ0) is 19.2. The van der Waals surface area contributed by atoms with Gasteiger partial charge in [-0.25, -0.2) is 0 Å². The van der Waals surface area contributed by atoms with Crippen LogP contribution in [-0.2, 0) is 14.3 Å². The van der Waals surface area contributed by atoms with Gasteiger partial charge in [0.15, 0.2) is 0 Å². The first-order valence-electron chi connectivity index (χ1n) is 9.88. The minimum atomic E-state index is -0.181. The van der Waals surface area contributed by atoms with Crippen molar-refractivity contribution in [3.05, 3.63) is 29.8 Å². The monoisotopic (exact) mass is 372 g/mol. The summed E-state index contributed by atoms with van der Waals surface area (Å²) in [6, 6.07) is 7.56. The van der Waals surface area contributed by atoms with E-state index in [9.17, 15) is 14.4 Å². The van der Waals surface area contributed by atoms with Crippen molar-refractivity contribution in [3.8, 4) is 0 Å². The third-order valence-electron chi connectivity index (χ3n) is 5.59. The molecule has 0 saturated carbocycles. The van der Waals surface area contributed by atoms with E-state index in [0.29, 0.717) is 18.7 Å². The number of esters is 1. The van der Waals surface area contributed by atoms with E-state index in [1.54, 1.807) is 0 Å². The second-order valence-electron chi connectivity index (χ2n) is 7.35. The van der Waals surface area contributed by atoms with E-state index in [2.05, 4.69) is 4.90 Å². The number of likely N-dealkylation sites (tertiary alicyclic amines) is 1. The van der Waals surface area contributed by atoms with E-state index in [4.69, 9.17) is 4.74 Å². The lowest BCUT2D eigenvalue weighted by Crippen LogP contribution is -2.47. The van der Waals surface area contributed by atoms with Crippen LogP contribution in [0.5, 0.6) is 0 Å². The van der Waals surface area contributed by atoms with Crippen LogP contribution in [0.3, 0.4) is 0 Å². The van der Waals surface area contributed by atoms with E-state index < -0.39 is 0 Å². The summed E-state index contributed by atoms with van der Waals surface area (Å²) in [5, 5.41) is 0. The minimum Gasteiger partial charge on any atom is -0.466 e. The summed E-state index contributed by atoms with van der Waals surface area (Å²) in [6.45, 7) is 5.07. The second-order valence-corrected chi connectivity index (χ2v) is 7.35. The number of carbonyl (C=O) groups is 3. The normalized spacial score (nSPS) is 21.0. The number of ether oxygens (including phenoxy) is 1. The van der Waals surface area contributed by atoms with E-state index in [-0.39, 0.29) is 23.7 Å². The summed E-state index contributed by atoms with van der Waals surface area (Å²) in [6.07, 6.45) is 4.13. The van der Waals surface area contributed by atoms with Crippen LogP contribution in [0.25, 0.3) is 0 Å². The molecule has 27 heavy (non-hydrogen) atoms. The molecule has 1 aromatic rings. The largest absolute Gasteiger partial charge is 0.466 e. The molecule has 0 unspecified atom stereocenters. The molecule has 0 aliphatic carbocycles. The lowest BCUT2D eigenvalue weighted by Gasteiger charge is -2.38. The lowest BCUT2D eigenvalue weighted by atomic mass is 9.92. The summed E-state index contributed by atoms with van der Waals surface area (Å²) < 4.78 is 5.13. The van der Waals surface area contributed by atoms with Gasteiger partial charge in [-0.2, -0.15) is 0 Å². The van der Waals surface area contributed by atoms with Gasteiger partial charge >= 0.3 is 5.97 Å². The van der Waals surface area contributed by atoms with Gasteiger partial charge in [-0.1, -0.05) is 0 Å². The highest BCUT2D eigenvalue weighted by molar-refractivity contribution is 5.81. The smallest absolute Gasteiger partial charge is 0.310 e. The van der Waals surface area contributed by atoms with Gasteiger partial charge < -0.3 is 14.5 Å².